The van der Waals surface area contributed by atoms with Gasteiger partial charge in [0.15, 0.2) is 0 Å². The number of allylic oxidation sites excluding steroid dienone is 3. The molecule has 0 saturated heterocycles. The Hall–Kier alpha value is -1.38. The highest BCUT2D eigenvalue weighted by molar-refractivity contribution is 5.83. The second-order valence-corrected chi connectivity index (χ2v) is 10.7. The van der Waals surface area contributed by atoms with Crippen molar-refractivity contribution in [3.05, 3.63) is 23.8 Å². The van der Waals surface area contributed by atoms with E-state index in [9.17, 15) is 9.59 Å². The van der Waals surface area contributed by atoms with E-state index in [0.29, 0.717) is 36.1 Å². The summed E-state index contributed by atoms with van der Waals surface area (Å²) in [4.78, 5) is 23.8. The second-order valence-electron chi connectivity index (χ2n) is 10.7. The quantitative estimate of drug-likeness (QED) is 0.337. The molecule has 4 rings (SSSR count). The normalized spacial score (nSPS) is 42.6. The lowest BCUT2D eigenvalue weighted by atomic mass is 9.47. The van der Waals surface area contributed by atoms with Gasteiger partial charge in [-0.1, -0.05) is 38.5 Å². The first-order valence-electron chi connectivity index (χ1n) is 11.9. The van der Waals surface area contributed by atoms with Gasteiger partial charge in [0.1, 0.15) is 5.78 Å². The Labute approximate surface area is 176 Å². The van der Waals surface area contributed by atoms with Gasteiger partial charge in [-0.25, -0.2) is 4.79 Å². The predicted molar refractivity (Wildman–Crippen MR) is 115 cm³/mol. The molecule has 0 aromatic heterocycles. The Bertz CT molecular complexity index is 734. The average Bonchev–Trinajstić information content (AvgIpc) is 3.04. The van der Waals surface area contributed by atoms with Crippen LogP contribution < -0.4 is 0 Å². The summed E-state index contributed by atoms with van der Waals surface area (Å²) in [5.41, 5.74) is 2.08. The number of hydrogen-bond donors (Lipinski definition) is 0. The van der Waals surface area contributed by atoms with E-state index in [1.807, 2.05) is 6.92 Å². The fourth-order valence-electron chi connectivity index (χ4n) is 7.94. The van der Waals surface area contributed by atoms with Crippen LogP contribution in [0.4, 0.5) is 0 Å². The number of carbonyl (C=O) groups is 2. The third kappa shape index (κ3) is 3.43. The molecule has 0 N–H and O–H groups in total. The summed E-state index contributed by atoms with van der Waals surface area (Å²) in [6.07, 6.45) is 15.1. The summed E-state index contributed by atoms with van der Waals surface area (Å²) in [5.74, 6) is 3.56. The first kappa shape index (κ1) is 20.9. The van der Waals surface area contributed by atoms with Crippen LogP contribution in [-0.2, 0) is 14.3 Å². The van der Waals surface area contributed by atoms with E-state index in [1.54, 1.807) is 6.08 Å². The summed E-state index contributed by atoms with van der Waals surface area (Å²) in [7, 11) is 0. The van der Waals surface area contributed by atoms with Crippen molar-refractivity contribution in [1.29, 1.82) is 0 Å². The minimum atomic E-state index is -0.215. The maximum atomic E-state index is 12.0. The maximum absolute atomic E-state index is 12.0. The third-order valence-corrected chi connectivity index (χ3v) is 9.47. The zero-order chi connectivity index (χ0) is 20.8. The van der Waals surface area contributed by atoms with Crippen molar-refractivity contribution in [2.75, 3.05) is 6.61 Å². The fourth-order valence-corrected chi connectivity index (χ4v) is 7.94. The van der Waals surface area contributed by atoms with Gasteiger partial charge < -0.3 is 4.74 Å². The molecule has 3 heteroatoms. The SMILES string of the molecule is CCOC(=O)C=C[C@@H](C)[C@H]1CCC2C3CC=C4CC(=O)CC[C@]4(C)C3CC[C@@]21C. The highest BCUT2D eigenvalue weighted by Gasteiger charge is 2.58. The molecule has 29 heavy (non-hydrogen) atoms. The van der Waals surface area contributed by atoms with Gasteiger partial charge in [-0.3, -0.25) is 4.79 Å². The first-order chi connectivity index (χ1) is 13.8. The largest absolute Gasteiger partial charge is 0.463 e. The Morgan fingerprint density at radius 2 is 2.03 bits per heavy atom. The van der Waals surface area contributed by atoms with Gasteiger partial charge in [0.05, 0.1) is 6.61 Å². The molecular formula is C26H38O3. The van der Waals surface area contributed by atoms with Crippen molar-refractivity contribution in [1.82, 2.24) is 0 Å². The van der Waals surface area contributed by atoms with E-state index >= 15 is 0 Å². The number of ether oxygens (including phenoxy) is 1. The van der Waals surface area contributed by atoms with Gasteiger partial charge in [-0.2, -0.15) is 0 Å². The number of esters is 1. The maximum Gasteiger partial charge on any atom is 0.330 e. The molecule has 0 aliphatic heterocycles. The van der Waals surface area contributed by atoms with Crippen LogP contribution in [0.3, 0.4) is 0 Å². The van der Waals surface area contributed by atoms with Crippen LogP contribution in [0, 0.1) is 40.4 Å². The lowest BCUT2D eigenvalue weighted by Crippen LogP contribution is -2.50. The van der Waals surface area contributed by atoms with Crippen molar-refractivity contribution in [3.8, 4) is 0 Å². The Morgan fingerprint density at radius 1 is 1.24 bits per heavy atom. The van der Waals surface area contributed by atoms with Crippen LogP contribution in [0.1, 0.15) is 79.1 Å². The van der Waals surface area contributed by atoms with Crippen molar-refractivity contribution in [2.45, 2.75) is 79.1 Å². The molecule has 160 valence electrons. The summed E-state index contributed by atoms with van der Waals surface area (Å²) in [6.45, 7) is 9.56. The van der Waals surface area contributed by atoms with E-state index in [-0.39, 0.29) is 11.4 Å². The standard InChI is InChI=1S/C26H38O3/c1-5-29-24(28)11-6-17(2)21-9-10-22-20-8-7-18-16-19(27)12-14-25(18,3)23(20)13-15-26(21,22)4/h6-7,11,17,20-23H,5,8-10,12-16H2,1-4H3/t17-,20?,21-,22?,23?,25+,26-/m1/s1. The molecule has 0 radical (unpaired) electrons. The van der Waals surface area contributed by atoms with E-state index in [0.717, 1.165) is 30.6 Å². The molecule has 4 aliphatic rings. The molecule has 7 atom stereocenters. The molecule has 0 aromatic carbocycles. The molecule has 3 nitrogen and oxygen atoms in total. The zero-order valence-electron chi connectivity index (χ0n) is 18.7. The summed E-state index contributed by atoms with van der Waals surface area (Å²) < 4.78 is 5.07. The number of hydrogen-bond acceptors (Lipinski definition) is 3. The number of ketones is 1. The molecule has 0 bridgehead atoms. The van der Waals surface area contributed by atoms with Crippen molar-refractivity contribution < 1.29 is 14.3 Å². The van der Waals surface area contributed by atoms with Crippen LogP contribution in [0.25, 0.3) is 0 Å². The molecule has 0 spiro atoms. The highest BCUT2D eigenvalue weighted by atomic mass is 16.5. The monoisotopic (exact) mass is 398 g/mol. The molecule has 0 amide bonds. The van der Waals surface area contributed by atoms with Crippen molar-refractivity contribution in [3.63, 3.8) is 0 Å². The second kappa shape index (κ2) is 7.71. The molecule has 3 unspecified atom stereocenters. The summed E-state index contributed by atoms with van der Waals surface area (Å²) in [5, 5.41) is 0. The van der Waals surface area contributed by atoms with Gasteiger partial charge in [-0.15, -0.1) is 0 Å². The summed E-state index contributed by atoms with van der Waals surface area (Å²) >= 11 is 0. The average molecular weight is 399 g/mol. The van der Waals surface area contributed by atoms with Crippen LogP contribution in [0.5, 0.6) is 0 Å². The van der Waals surface area contributed by atoms with Gasteiger partial charge in [0.25, 0.3) is 0 Å². The van der Waals surface area contributed by atoms with E-state index in [2.05, 4.69) is 32.9 Å². The van der Waals surface area contributed by atoms with E-state index in [1.165, 1.54) is 37.7 Å². The minimum absolute atomic E-state index is 0.215. The lowest BCUT2D eigenvalue weighted by Gasteiger charge is -2.57. The highest BCUT2D eigenvalue weighted by Crippen LogP contribution is 2.67. The molecule has 0 heterocycles. The molecular weight excluding hydrogens is 360 g/mol. The topological polar surface area (TPSA) is 43.4 Å². The Morgan fingerprint density at radius 3 is 2.79 bits per heavy atom. The van der Waals surface area contributed by atoms with Crippen LogP contribution in [0.15, 0.2) is 23.8 Å². The van der Waals surface area contributed by atoms with Gasteiger partial charge in [0, 0.05) is 18.9 Å². The van der Waals surface area contributed by atoms with Crippen molar-refractivity contribution in [2.24, 2.45) is 40.4 Å². The third-order valence-electron chi connectivity index (χ3n) is 9.47. The predicted octanol–water partition coefficient (Wildman–Crippen LogP) is 5.89. The summed E-state index contributed by atoms with van der Waals surface area (Å²) in [6, 6.07) is 0. The first-order valence-corrected chi connectivity index (χ1v) is 11.9. The van der Waals surface area contributed by atoms with E-state index in [4.69, 9.17) is 4.74 Å². The molecule has 4 aliphatic carbocycles. The van der Waals surface area contributed by atoms with Crippen LogP contribution in [0.2, 0.25) is 0 Å². The molecule has 3 fully saturated rings. The Balaban J connectivity index is 1.53. The Kier molecular flexibility index (Phi) is 5.55. The van der Waals surface area contributed by atoms with Gasteiger partial charge >= 0.3 is 5.97 Å². The number of rotatable bonds is 4. The zero-order valence-corrected chi connectivity index (χ0v) is 18.7. The minimum Gasteiger partial charge on any atom is -0.463 e. The van der Waals surface area contributed by atoms with Gasteiger partial charge in [0.2, 0.25) is 0 Å². The number of Topliss-reactive ketones (excluding diaryl/α,β-unsaturated/α-hetero) is 1. The molecule has 3 saturated carbocycles. The van der Waals surface area contributed by atoms with Crippen LogP contribution in [-0.4, -0.2) is 18.4 Å². The fraction of sp³-hybridized carbons (Fsp3) is 0.769. The number of carbonyl (C=O) groups excluding carboxylic acids is 2. The van der Waals surface area contributed by atoms with Crippen LogP contribution >= 0.6 is 0 Å². The van der Waals surface area contributed by atoms with Gasteiger partial charge in [-0.05, 0) is 85.9 Å². The smallest absolute Gasteiger partial charge is 0.330 e. The van der Waals surface area contributed by atoms with E-state index < -0.39 is 0 Å². The number of fused-ring (bicyclic) bond motifs is 5. The molecule has 0 aromatic rings. The van der Waals surface area contributed by atoms with Crippen molar-refractivity contribution >= 4 is 11.8 Å². The lowest BCUT2D eigenvalue weighted by molar-refractivity contribution is -0.137.